The van der Waals surface area contributed by atoms with E-state index in [0.717, 1.165) is 44.5 Å². The predicted molar refractivity (Wildman–Crippen MR) is 80.1 cm³/mol. The normalized spacial score (nSPS) is 24.7. The molecule has 1 aromatic heterocycles. The van der Waals surface area contributed by atoms with Gasteiger partial charge in [-0.15, -0.1) is 0 Å². The zero-order chi connectivity index (χ0) is 14.9. The van der Waals surface area contributed by atoms with Gasteiger partial charge in [-0.25, -0.2) is 0 Å². The second-order valence-corrected chi connectivity index (χ2v) is 6.34. The van der Waals surface area contributed by atoms with E-state index < -0.39 is 0 Å². The molecule has 0 saturated carbocycles. The van der Waals surface area contributed by atoms with Crippen LogP contribution in [-0.4, -0.2) is 66.1 Å². The van der Waals surface area contributed by atoms with Crippen LogP contribution in [0.2, 0.25) is 0 Å². The van der Waals surface area contributed by atoms with E-state index in [2.05, 4.69) is 24.0 Å². The molecule has 5 heteroatoms. The van der Waals surface area contributed by atoms with Gasteiger partial charge in [-0.05, 0) is 45.5 Å². The molecule has 0 unspecified atom stereocenters. The molecule has 1 atom stereocenters. The minimum Gasteiger partial charge on any atom is -0.373 e. The third-order valence-electron chi connectivity index (χ3n) is 4.81. The summed E-state index contributed by atoms with van der Waals surface area (Å²) in [5.74, 6) is 0.106. The van der Waals surface area contributed by atoms with Crippen molar-refractivity contribution >= 4 is 5.91 Å². The standard InChI is InChI=1S/C16H23N3O2/c1-18(2)14-11-16(21-12-14)5-9-19(10-6-16)15(20)13-3-7-17-8-4-13/h3-4,7-8,14H,5-6,9-12H2,1-2H3/t14-/m1/s1. The highest BCUT2D eigenvalue weighted by atomic mass is 16.5. The Bertz CT molecular complexity index is 496. The predicted octanol–water partition coefficient (Wildman–Crippen LogP) is 1.41. The molecule has 2 aliphatic rings. The van der Waals surface area contributed by atoms with E-state index in [9.17, 15) is 4.79 Å². The molecule has 3 rings (SSSR count). The molecule has 1 aromatic rings. The van der Waals surface area contributed by atoms with Crippen LogP contribution in [0.5, 0.6) is 0 Å². The fourth-order valence-electron chi connectivity index (χ4n) is 3.29. The zero-order valence-electron chi connectivity index (χ0n) is 12.8. The van der Waals surface area contributed by atoms with Crippen molar-refractivity contribution in [1.29, 1.82) is 0 Å². The summed E-state index contributed by atoms with van der Waals surface area (Å²) in [5, 5.41) is 0. The third kappa shape index (κ3) is 2.94. The summed E-state index contributed by atoms with van der Waals surface area (Å²) < 4.78 is 6.10. The maximum Gasteiger partial charge on any atom is 0.253 e. The molecule has 0 bridgehead atoms. The van der Waals surface area contributed by atoms with E-state index in [-0.39, 0.29) is 11.5 Å². The van der Waals surface area contributed by atoms with Gasteiger partial charge in [0.15, 0.2) is 0 Å². The highest BCUT2D eigenvalue weighted by Crippen LogP contribution is 2.37. The Balaban J connectivity index is 1.60. The molecule has 2 fully saturated rings. The molecule has 2 aliphatic heterocycles. The number of ether oxygens (including phenoxy) is 1. The number of likely N-dealkylation sites (N-methyl/N-ethyl adjacent to an activating group) is 1. The number of amides is 1. The maximum atomic E-state index is 12.4. The van der Waals surface area contributed by atoms with Crippen molar-refractivity contribution in [3.05, 3.63) is 30.1 Å². The number of carbonyl (C=O) groups is 1. The molecule has 0 aromatic carbocycles. The number of likely N-dealkylation sites (tertiary alicyclic amines) is 1. The Morgan fingerprint density at radius 1 is 1.33 bits per heavy atom. The molecule has 0 N–H and O–H groups in total. The highest BCUT2D eigenvalue weighted by Gasteiger charge is 2.43. The number of pyridine rings is 1. The van der Waals surface area contributed by atoms with Gasteiger partial charge in [0.1, 0.15) is 0 Å². The summed E-state index contributed by atoms with van der Waals surface area (Å²) in [7, 11) is 4.21. The lowest BCUT2D eigenvalue weighted by Crippen LogP contribution is -2.46. The first kappa shape index (κ1) is 14.5. The maximum absolute atomic E-state index is 12.4. The summed E-state index contributed by atoms with van der Waals surface area (Å²) in [6.07, 6.45) is 6.29. The molecular formula is C16H23N3O2. The molecular weight excluding hydrogens is 266 g/mol. The van der Waals surface area contributed by atoms with Crippen LogP contribution in [0.25, 0.3) is 0 Å². The van der Waals surface area contributed by atoms with Crippen molar-refractivity contribution < 1.29 is 9.53 Å². The van der Waals surface area contributed by atoms with Crippen molar-refractivity contribution in [2.75, 3.05) is 33.8 Å². The first-order chi connectivity index (χ1) is 10.1. The Kier molecular flexibility index (Phi) is 3.95. The zero-order valence-corrected chi connectivity index (χ0v) is 12.8. The molecule has 3 heterocycles. The molecule has 2 saturated heterocycles. The number of hydrogen-bond donors (Lipinski definition) is 0. The van der Waals surface area contributed by atoms with Gasteiger partial charge >= 0.3 is 0 Å². The lowest BCUT2D eigenvalue weighted by atomic mass is 9.87. The minimum atomic E-state index is -0.00996. The third-order valence-corrected chi connectivity index (χ3v) is 4.81. The number of hydrogen-bond acceptors (Lipinski definition) is 4. The first-order valence-electron chi connectivity index (χ1n) is 7.59. The lowest BCUT2D eigenvalue weighted by molar-refractivity contribution is -0.0392. The number of aromatic nitrogens is 1. The van der Waals surface area contributed by atoms with Crippen molar-refractivity contribution in [3.63, 3.8) is 0 Å². The fourth-order valence-corrected chi connectivity index (χ4v) is 3.29. The van der Waals surface area contributed by atoms with Gasteiger partial charge in [0.2, 0.25) is 0 Å². The highest BCUT2D eigenvalue weighted by molar-refractivity contribution is 5.94. The molecule has 1 amide bonds. The summed E-state index contributed by atoms with van der Waals surface area (Å²) in [4.78, 5) is 20.6. The largest absolute Gasteiger partial charge is 0.373 e. The Hall–Kier alpha value is -1.46. The molecule has 5 nitrogen and oxygen atoms in total. The van der Waals surface area contributed by atoms with Gasteiger partial charge in [0.25, 0.3) is 5.91 Å². The minimum absolute atomic E-state index is 0.00996. The van der Waals surface area contributed by atoms with Crippen LogP contribution < -0.4 is 0 Å². The topological polar surface area (TPSA) is 45.7 Å². The summed E-state index contributed by atoms with van der Waals surface area (Å²) in [6, 6.07) is 4.06. The summed E-state index contributed by atoms with van der Waals surface area (Å²) in [6.45, 7) is 2.37. The number of nitrogens with zero attached hydrogens (tertiary/aromatic N) is 3. The monoisotopic (exact) mass is 289 g/mol. The summed E-state index contributed by atoms with van der Waals surface area (Å²) >= 11 is 0. The molecule has 21 heavy (non-hydrogen) atoms. The van der Waals surface area contributed by atoms with Crippen LogP contribution in [0.1, 0.15) is 29.6 Å². The van der Waals surface area contributed by atoms with Crippen LogP contribution in [0.15, 0.2) is 24.5 Å². The van der Waals surface area contributed by atoms with E-state index in [0.29, 0.717) is 6.04 Å². The average Bonchev–Trinajstić information content (AvgIpc) is 2.92. The number of carbonyl (C=O) groups excluding carboxylic acids is 1. The van der Waals surface area contributed by atoms with Gasteiger partial charge in [0.05, 0.1) is 12.2 Å². The number of rotatable bonds is 2. The van der Waals surface area contributed by atoms with Crippen LogP contribution in [0.3, 0.4) is 0 Å². The van der Waals surface area contributed by atoms with Gasteiger partial charge in [-0.3, -0.25) is 9.78 Å². The SMILES string of the molecule is CN(C)[C@H]1COC2(CCN(C(=O)c3ccncc3)CC2)C1. The van der Waals surface area contributed by atoms with Gasteiger partial charge < -0.3 is 14.5 Å². The van der Waals surface area contributed by atoms with Gasteiger partial charge in [-0.2, -0.15) is 0 Å². The van der Waals surface area contributed by atoms with Crippen molar-refractivity contribution in [2.24, 2.45) is 0 Å². The Morgan fingerprint density at radius 2 is 2.00 bits per heavy atom. The molecule has 114 valence electrons. The van der Waals surface area contributed by atoms with Gasteiger partial charge in [-0.1, -0.05) is 0 Å². The average molecular weight is 289 g/mol. The van der Waals surface area contributed by atoms with E-state index in [4.69, 9.17) is 4.74 Å². The Morgan fingerprint density at radius 3 is 2.57 bits per heavy atom. The van der Waals surface area contributed by atoms with Crippen LogP contribution in [-0.2, 0) is 4.74 Å². The van der Waals surface area contributed by atoms with E-state index >= 15 is 0 Å². The van der Waals surface area contributed by atoms with Gasteiger partial charge in [0, 0.05) is 37.1 Å². The Labute approximate surface area is 125 Å². The van der Waals surface area contributed by atoms with Crippen molar-refractivity contribution in [3.8, 4) is 0 Å². The van der Waals surface area contributed by atoms with Crippen LogP contribution in [0.4, 0.5) is 0 Å². The molecule has 0 radical (unpaired) electrons. The quantitative estimate of drug-likeness (QED) is 0.826. The molecule has 0 aliphatic carbocycles. The lowest BCUT2D eigenvalue weighted by Gasteiger charge is -2.38. The van der Waals surface area contributed by atoms with E-state index in [1.54, 1.807) is 24.5 Å². The second-order valence-electron chi connectivity index (χ2n) is 6.34. The molecule has 1 spiro atoms. The van der Waals surface area contributed by atoms with Crippen LogP contribution >= 0.6 is 0 Å². The van der Waals surface area contributed by atoms with Crippen molar-refractivity contribution in [1.82, 2.24) is 14.8 Å². The summed E-state index contributed by atoms with van der Waals surface area (Å²) in [5.41, 5.74) is 0.712. The first-order valence-corrected chi connectivity index (χ1v) is 7.59. The van der Waals surface area contributed by atoms with E-state index in [1.165, 1.54) is 0 Å². The fraction of sp³-hybridized carbons (Fsp3) is 0.625. The van der Waals surface area contributed by atoms with Crippen molar-refractivity contribution in [2.45, 2.75) is 30.9 Å². The second kappa shape index (κ2) is 5.73. The van der Waals surface area contributed by atoms with E-state index in [1.807, 2.05) is 4.90 Å². The smallest absolute Gasteiger partial charge is 0.253 e. The number of piperidine rings is 1. The van der Waals surface area contributed by atoms with Crippen LogP contribution in [0, 0.1) is 0 Å².